The molecule has 1 N–H and O–H groups in total. The summed E-state index contributed by atoms with van der Waals surface area (Å²) in [5.74, 6) is 0.834. The van der Waals surface area contributed by atoms with E-state index in [1.807, 2.05) is 29.7 Å². The van der Waals surface area contributed by atoms with Crippen molar-refractivity contribution in [2.75, 3.05) is 0 Å². The van der Waals surface area contributed by atoms with Gasteiger partial charge in [0.2, 0.25) is 0 Å². The van der Waals surface area contributed by atoms with Gasteiger partial charge in [0.05, 0.1) is 5.69 Å². The highest BCUT2D eigenvalue weighted by molar-refractivity contribution is 5.77. The van der Waals surface area contributed by atoms with Gasteiger partial charge in [-0.25, -0.2) is 4.98 Å². The van der Waals surface area contributed by atoms with Crippen LogP contribution in [0.5, 0.6) is 5.75 Å². The Balaban J connectivity index is 1.94. The normalized spacial score (nSPS) is 11.5. The van der Waals surface area contributed by atoms with Crippen LogP contribution < -0.4 is 0 Å². The molecule has 27 heavy (non-hydrogen) atoms. The molecule has 4 rings (SSSR count). The lowest BCUT2D eigenvalue weighted by Gasteiger charge is -2.05. The number of hydrogen-bond acceptors (Lipinski definition) is 4. The third-order valence-corrected chi connectivity index (χ3v) is 4.48. The average Bonchev–Trinajstić information content (AvgIpc) is 2.99. The second kappa shape index (κ2) is 6.68. The van der Waals surface area contributed by atoms with Gasteiger partial charge in [0, 0.05) is 17.8 Å². The molecule has 0 atom stereocenters. The second-order valence-electron chi connectivity index (χ2n) is 6.76. The molecule has 5 nitrogen and oxygen atoms in total. The van der Waals surface area contributed by atoms with Crippen molar-refractivity contribution >= 4 is 17.2 Å². The van der Waals surface area contributed by atoms with Crippen LogP contribution in [0.3, 0.4) is 0 Å². The Morgan fingerprint density at radius 3 is 2.52 bits per heavy atom. The van der Waals surface area contributed by atoms with E-state index in [4.69, 9.17) is 4.98 Å². The number of hydrogen-bond donors (Lipinski definition) is 1. The summed E-state index contributed by atoms with van der Waals surface area (Å²) in [6.07, 6.45) is 2.01. The fourth-order valence-corrected chi connectivity index (χ4v) is 3.07. The Morgan fingerprint density at radius 2 is 1.70 bits per heavy atom. The molecule has 2 heterocycles. The highest BCUT2D eigenvalue weighted by Crippen LogP contribution is 2.35. The number of pyridine rings is 1. The molecule has 0 aliphatic carbocycles. The lowest BCUT2D eigenvalue weighted by atomic mass is 10.0. The third kappa shape index (κ3) is 3.31. The summed E-state index contributed by atoms with van der Waals surface area (Å²) in [4.78, 5) is 4.82. The Morgan fingerprint density at radius 1 is 0.889 bits per heavy atom. The van der Waals surface area contributed by atoms with Crippen molar-refractivity contribution in [1.82, 2.24) is 9.38 Å². The fourth-order valence-electron chi connectivity index (χ4n) is 3.07. The second-order valence-corrected chi connectivity index (χ2v) is 6.76. The fraction of sp³-hybridized carbons (Fsp3) is 0.136. The minimum atomic E-state index is 0.162. The largest absolute Gasteiger partial charge is 0.508 e. The van der Waals surface area contributed by atoms with E-state index in [0.717, 1.165) is 28.0 Å². The van der Waals surface area contributed by atoms with Crippen molar-refractivity contribution in [3.8, 4) is 17.0 Å². The van der Waals surface area contributed by atoms with Crippen molar-refractivity contribution in [1.29, 1.82) is 0 Å². The van der Waals surface area contributed by atoms with Crippen molar-refractivity contribution < 1.29 is 5.11 Å². The van der Waals surface area contributed by atoms with Gasteiger partial charge in [-0.2, -0.15) is 0 Å². The molecule has 0 fully saturated rings. The zero-order chi connectivity index (χ0) is 19.0. The van der Waals surface area contributed by atoms with Crippen molar-refractivity contribution in [3.05, 3.63) is 77.5 Å². The molecule has 0 saturated heterocycles. The van der Waals surface area contributed by atoms with Crippen LogP contribution in [0.15, 0.2) is 71.0 Å². The van der Waals surface area contributed by atoms with Crippen LogP contribution in [0.4, 0.5) is 11.5 Å². The minimum Gasteiger partial charge on any atom is -0.508 e. The van der Waals surface area contributed by atoms with Gasteiger partial charge in [-0.3, -0.25) is 4.40 Å². The first-order valence-corrected chi connectivity index (χ1v) is 8.78. The van der Waals surface area contributed by atoms with E-state index >= 15 is 0 Å². The van der Waals surface area contributed by atoms with Gasteiger partial charge in [-0.05, 0) is 56.2 Å². The summed E-state index contributed by atoms with van der Waals surface area (Å²) in [5, 5.41) is 18.5. The van der Waals surface area contributed by atoms with E-state index in [0.29, 0.717) is 11.5 Å². The number of aryl methyl sites for hydroxylation is 3. The van der Waals surface area contributed by atoms with E-state index in [1.54, 1.807) is 24.3 Å². The highest BCUT2D eigenvalue weighted by Gasteiger charge is 2.16. The molecular weight excluding hydrogens is 336 g/mol. The Kier molecular flexibility index (Phi) is 4.20. The number of fused-ring (bicyclic) bond motifs is 1. The molecule has 0 amide bonds. The van der Waals surface area contributed by atoms with Crippen LogP contribution in [0, 0.1) is 20.8 Å². The van der Waals surface area contributed by atoms with E-state index in [2.05, 4.69) is 42.3 Å². The summed E-state index contributed by atoms with van der Waals surface area (Å²) >= 11 is 0. The monoisotopic (exact) mass is 356 g/mol. The predicted molar refractivity (Wildman–Crippen MR) is 107 cm³/mol. The number of aromatic nitrogens is 2. The predicted octanol–water partition coefficient (Wildman–Crippen LogP) is 6.05. The molecule has 0 unspecified atom stereocenters. The van der Waals surface area contributed by atoms with Crippen LogP contribution in [0.2, 0.25) is 0 Å². The number of azo groups is 1. The number of aromatic hydroxyl groups is 1. The maximum atomic E-state index is 9.66. The molecule has 5 heteroatoms. The quantitative estimate of drug-likeness (QED) is 0.454. The molecule has 0 bridgehead atoms. The number of phenolic OH excluding ortho intramolecular Hbond substituents is 1. The Bertz CT molecular complexity index is 1170. The Hall–Kier alpha value is -3.47. The molecule has 2 aromatic heterocycles. The van der Waals surface area contributed by atoms with Gasteiger partial charge in [-0.1, -0.05) is 29.8 Å². The van der Waals surface area contributed by atoms with Gasteiger partial charge >= 0.3 is 0 Å². The molecule has 0 aliphatic heterocycles. The van der Waals surface area contributed by atoms with Gasteiger partial charge < -0.3 is 5.11 Å². The number of rotatable bonds is 3. The summed E-state index contributed by atoms with van der Waals surface area (Å²) in [5.41, 5.74) is 6.66. The molecule has 4 aromatic rings. The van der Waals surface area contributed by atoms with Crippen LogP contribution in [0.25, 0.3) is 16.9 Å². The van der Waals surface area contributed by atoms with Crippen LogP contribution in [-0.2, 0) is 0 Å². The molecule has 0 radical (unpaired) electrons. The van der Waals surface area contributed by atoms with Crippen LogP contribution >= 0.6 is 0 Å². The summed E-state index contributed by atoms with van der Waals surface area (Å²) in [7, 11) is 0. The van der Waals surface area contributed by atoms with E-state index in [1.165, 1.54) is 5.56 Å². The van der Waals surface area contributed by atoms with E-state index in [-0.39, 0.29) is 5.75 Å². The van der Waals surface area contributed by atoms with Gasteiger partial charge in [0.15, 0.2) is 5.82 Å². The average molecular weight is 356 g/mol. The first-order chi connectivity index (χ1) is 13.0. The van der Waals surface area contributed by atoms with Crippen molar-refractivity contribution in [2.24, 2.45) is 10.2 Å². The van der Waals surface area contributed by atoms with E-state index in [9.17, 15) is 5.11 Å². The lowest BCUT2D eigenvalue weighted by molar-refractivity contribution is 0.475. The van der Waals surface area contributed by atoms with Gasteiger partial charge in [0.1, 0.15) is 17.1 Å². The number of phenols is 1. The molecular formula is C22H20N4O. The maximum Gasteiger partial charge on any atom is 0.187 e. The van der Waals surface area contributed by atoms with Crippen LogP contribution in [0.1, 0.15) is 16.7 Å². The summed E-state index contributed by atoms with van der Waals surface area (Å²) < 4.78 is 1.96. The number of benzene rings is 2. The van der Waals surface area contributed by atoms with Gasteiger partial charge in [-0.15, -0.1) is 10.2 Å². The summed E-state index contributed by atoms with van der Waals surface area (Å²) in [6, 6.07) is 17.1. The first kappa shape index (κ1) is 17.0. The third-order valence-electron chi connectivity index (χ3n) is 4.48. The van der Waals surface area contributed by atoms with Crippen molar-refractivity contribution in [2.45, 2.75) is 20.8 Å². The summed E-state index contributed by atoms with van der Waals surface area (Å²) in [6.45, 7) is 6.17. The molecule has 0 saturated carbocycles. The molecule has 0 spiro atoms. The topological polar surface area (TPSA) is 62.2 Å². The lowest BCUT2D eigenvalue weighted by Crippen LogP contribution is -1.86. The SMILES string of the molecule is Cc1ccc(C)c(-c2nc3ccc(C)cn3c2N=Nc2cccc(O)c2)c1. The molecule has 2 aromatic carbocycles. The first-order valence-electron chi connectivity index (χ1n) is 8.78. The number of imidazole rings is 1. The number of nitrogens with zero attached hydrogens (tertiary/aromatic N) is 4. The van der Waals surface area contributed by atoms with Crippen LogP contribution in [-0.4, -0.2) is 14.5 Å². The molecule has 134 valence electrons. The maximum absolute atomic E-state index is 9.66. The minimum absolute atomic E-state index is 0.162. The standard InChI is InChI=1S/C22H20N4O/c1-14-7-9-16(3)19(11-14)21-22(25-24-17-5-4-6-18(27)12-17)26-13-15(2)8-10-20(26)23-21/h4-13,27H,1-3H3. The molecule has 0 aliphatic rings. The van der Waals surface area contributed by atoms with E-state index < -0.39 is 0 Å². The zero-order valence-corrected chi connectivity index (χ0v) is 15.5. The van der Waals surface area contributed by atoms with Crippen molar-refractivity contribution in [3.63, 3.8) is 0 Å². The van der Waals surface area contributed by atoms with Gasteiger partial charge in [0.25, 0.3) is 0 Å². The smallest absolute Gasteiger partial charge is 0.187 e. The Labute approximate surface area is 157 Å². The zero-order valence-electron chi connectivity index (χ0n) is 15.5. The highest BCUT2D eigenvalue weighted by atomic mass is 16.3.